The topological polar surface area (TPSA) is 46.3 Å². The standard InChI is InChI=1S/C16H16N2OS/c1-11-6-7-12(10-13(11)17)16(19)18-8-9-20-15-5-3-2-4-14(15)18/h2-7,10H,8-9,17H2,1H3. The number of benzene rings is 2. The van der Waals surface area contributed by atoms with E-state index in [0.29, 0.717) is 11.3 Å². The molecule has 1 aliphatic heterocycles. The summed E-state index contributed by atoms with van der Waals surface area (Å²) < 4.78 is 0. The minimum atomic E-state index is 0.0180. The summed E-state index contributed by atoms with van der Waals surface area (Å²) in [5.41, 5.74) is 9.21. The number of aryl methyl sites for hydroxylation is 1. The van der Waals surface area contributed by atoms with Crippen LogP contribution in [0.1, 0.15) is 15.9 Å². The van der Waals surface area contributed by atoms with Crippen molar-refractivity contribution >= 4 is 29.0 Å². The lowest BCUT2D eigenvalue weighted by atomic mass is 10.1. The Balaban J connectivity index is 1.97. The maximum absolute atomic E-state index is 12.7. The van der Waals surface area contributed by atoms with E-state index in [1.807, 2.05) is 42.2 Å². The number of para-hydroxylation sites is 1. The van der Waals surface area contributed by atoms with Crippen molar-refractivity contribution in [3.8, 4) is 0 Å². The van der Waals surface area contributed by atoms with Crippen LogP contribution in [0.4, 0.5) is 11.4 Å². The molecule has 2 N–H and O–H groups in total. The lowest BCUT2D eigenvalue weighted by molar-refractivity contribution is 0.0987. The molecule has 1 aliphatic rings. The molecule has 3 nitrogen and oxygen atoms in total. The van der Waals surface area contributed by atoms with E-state index >= 15 is 0 Å². The van der Waals surface area contributed by atoms with Crippen LogP contribution in [0.2, 0.25) is 0 Å². The molecular formula is C16H16N2OS. The minimum absolute atomic E-state index is 0.0180. The average molecular weight is 284 g/mol. The van der Waals surface area contributed by atoms with Crippen LogP contribution >= 0.6 is 11.8 Å². The summed E-state index contributed by atoms with van der Waals surface area (Å²) in [5, 5.41) is 0. The first-order valence-electron chi connectivity index (χ1n) is 6.56. The van der Waals surface area contributed by atoms with Gasteiger partial charge in [-0.05, 0) is 36.8 Å². The molecule has 0 aliphatic carbocycles. The van der Waals surface area contributed by atoms with Crippen molar-refractivity contribution in [2.45, 2.75) is 11.8 Å². The van der Waals surface area contributed by atoms with Gasteiger partial charge in [-0.15, -0.1) is 11.8 Å². The number of anilines is 2. The van der Waals surface area contributed by atoms with Gasteiger partial charge in [0.1, 0.15) is 0 Å². The summed E-state index contributed by atoms with van der Waals surface area (Å²) in [6, 6.07) is 13.5. The second-order valence-electron chi connectivity index (χ2n) is 4.84. The van der Waals surface area contributed by atoms with E-state index in [2.05, 4.69) is 6.07 Å². The highest BCUT2D eigenvalue weighted by Gasteiger charge is 2.23. The summed E-state index contributed by atoms with van der Waals surface area (Å²) in [7, 11) is 0. The van der Waals surface area contributed by atoms with Crippen LogP contribution in [0, 0.1) is 6.92 Å². The molecule has 0 bridgehead atoms. The molecule has 0 aromatic heterocycles. The van der Waals surface area contributed by atoms with E-state index < -0.39 is 0 Å². The molecule has 3 rings (SSSR count). The summed E-state index contributed by atoms with van der Waals surface area (Å²) >= 11 is 1.79. The Morgan fingerprint density at radius 1 is 1.25 bits per heavy atom. The molecule has 0 radical (unpaired) electrons. The Morgan fingerprint density at radius 3 is 2.85 bits per heavy atom. The van der Waals surface area contributed by atoms with Crippen LogP contribution < -0.4 is 10.6 Å². The van der Waals surface area contributed by atoms with Crippen molar-refractivity contribution in [2.24, 2.45) is 0 Å². The van der Waals surface area contributed by atoms with Crippen LogP contribution in [0.3, 0.4) is 0 Å². The number of hydrogen-bond acceptors (Lipinski definition) is 3. The van der Waals surface area contributed by atoms with Crippen molar-refractivity contribution < 1.29 is 4.79 Å². The maximum atomic E-state index is 12.7. The molecule has 0 saturated carbocycles. The van der Waals surface area contributed by atoms with Crippen LogP contribution in [-0.2, 0) is 0 Å². The van der Waals surface area contributed by atoms with Gasteiger partial charge in [0.2, 0.25) is 0 Å². The van der Waals surface area contributed by atoms with E-state index in [-0.39, 0.29) is 5.91 Å². The third-order valence-corrected chi connectivity index (χ3v) is 4.54. The molecule has 2 aromatic carbocycles. The maximum Gasteiger partial charge on any atom is 0.258 e. The number of carbonyl (C=O) groups excluding carboxylic acids is 1. The van der Waals surface area contributed by atoms with Gasteiger partial charge in [0.05, 0.1) is 5.69 Å². The summed E-state index contributed by atoms with van der Waals surface area (Å²) in [6.45, 7) is 2.67. The highest BCUT2D eigenvalue weighted by atomic mass is 32.2. The monoisotopic (exact) mass is 284 g/mol. The van der Waals surface area contributed by atoms with Crippen LogP contribution in [0.25, 0.3) is 0 Å². The highest BCUT2D eigenvalue weighted by Crippen LogP contribution is 2.35. The van der Waals surface area contributed by atoms with E-state index in [4.69, 9.17) is 5.73 Å². The number of hydrogen-bond donors (Lipinski definition) is 1. The normalized spacial score (nSPS) is 13.9. The first-order chi connectivity index (χ1) is 9.66. The molecule has 2 aromatic rings. The lowest BCUT2D eigenvalue weighted by Gasteiger charge is -2.29. The first kappa shape index (κ1) is 13.1. The van der Waals surface area contributed by atoms with Crippen molar-refractivity contribution in [2.75, 3.05) is 22.9 Å². The van der Waals surface area contributed by atoms with Gasteiger partial charge in [-0.2, -0.15) is 0 Å². The van der Waals surface area contributed by atoms with E-state index in [1.165, 1.54) is 0 Å². The molecule has 20 heavy (non-hydrogen) atoms. The number of nitrogens with zero attached hydrogens (tertiary/aromatic N) is 1. The van der Waals surface area contributed by atoms with Gasteiger partial charge < -0.3 is 10.6 Å². The van der Waals surface area contributed by atoms with Gasteiger partial charge in [0.25, 0.3) is 5.91 Å². The van der Waals surface area contributed by atoms with Gasteiger partial charge in [-0.3, -0.25) is 4.79 Å². The lowest BCUT2D eigenvalue weighted by Crippen LogP contribution is -2.35. The zero-order valence-corrected chi connectivity index (χ0v) is 12.1. The fourth-order valence-electron chi connectivity index (χ4n) is 2.31. The molecule has 0 atom stereocenters. The predicted octanol–water partition coefficient (Wildman–Crippen LogP) is 3.33. The van der Waals surface area contributed by atoms with Crippen LogP contribution in [0.15, 0.2) is 47.4 Å². The predicted molar refractivity (Wildman–Crippen MR) is 84.4 cm³/mol. The van der Waals surface area contributed by atoms with Crippen molar-refractivity contribution in [3.63, 3.8) is 0 Å². The number of nitrogen functional groups attached to an aromatic ring is 1. The summed E-state index contributed by atoms with van der Waals surface area (Å²) in [5.74, 6) is 0.939. The van der Waals surface area contributed by atoms with Crippen molar-refractivity contribution in [3.05, 3.63) is 53.6 Å². The number of rotatable bonds is 1. The Kier molecular flexibility index (Phi) is 3.40. The third-order valence-electron chi connectivity index (χ3n) is 3.50. The summed E-state index contributed by atoms with van der Waals surface area (Å²) in [4.78, 5) is 15.7. The second-order valence-corrected chi connectivity index (χ2v) is 5.98. The van der Waals surface area contributed by atoms with Gasteiger partial charge in [-0.25, -0.2) is 0 Å². The highest BCUT2D eigenvalue weighted by molar-refractivity contribution is 7.99. The minimum Gasteiger partial charge on any atom is -0.398 e. The van der Waals surface area contributed by atoms with Crippen molar-refractivity contribution in [1.82, 2.24) is 0 Å². The Hall–Kier alpha value is -1.94. The molecule has 102 valence electrons. The molecule has 0 saturated heterocycles. The zero-order chi connectivity index (χ0) is 14.1. The molecule has 0 fully saturated rings. The quantitative estimate of drug-likeness (QED) is 0.817. The Morgan fingerprint density at radius 2 is 2.05 bits per heavy atom. The molecule has 0 unspecified atom stereocenters. The second kappa shape index (κ2) is 5.21. The Labute approximate surface area is 122 Å². The number of nitrogens with two attached hydrogens (primary N) is 1. The molecular weight excluding hydrogens is 268 g/mol. The SMILES string of the molecule is Cc1ccc(C(=O)N2CCSc3ccccc32)cc1N. The fourth-order valence-corrected chi connectivity index (χ4v) is 3.30. The van der Waals surface area contributed by atoms with Gasteiger partial charge in [0.15, 0.2) is 0 Å². The number of thioether (sulfide) groups is 1. The van der Waals surface area contributed by atoms with Crippen molar-refractivity contribution in [1.29, 1.82) is 0 Å². The van der Waals surface area contributed by atoms with Crippen LogP contribution in [0.5, 0.6) is 0 Å². The van der Waals surface area contributed by atoms with Gasteiger partial charge in [-0.1, -0.05) is 18.2 Å². The number of carbonyl (C=O) groups is 1. The fraction of sp³-hybridized carbons (Fsp3) is 0.188. The van der Waals surface area contributed by atoms with Gasteiger partial charge in [0, 0.05) is 28.4 Å². The molecule has 1 amide bonds. The third kappa shape index (κ3) is 2.27. The summed E-state index contributed by atoms with van der Waals surface area (Å²) in [6.07, 6.45) is 0. The van der Waals surface area contributed by atoms with E-state index in [1.54, 1.807) is 17.8 Å². The van der Waals surface area contributed by atoms with Gasteiger partial charge >= 0.3 is 0 Å². The smallest absolute Gasteiger partial charge is 0.258 e. The number of fused-ring (bicyclic) bond motifs is 1. The molecule has 1 heterocycles. The molecule has 4 heteroatoms. The average Bonchev–Trinajstić information content (AvgIpc) is 2.49. The number of amides is 1. The zero-order valence-electron chi connectivity index (χ0n) is 11.3. The Bertz CT molecular complexity index is 669. The largest absolute Gasteiger partial charge is 0.398 e. The van der Waals surface area contributed by atoms with E-state index in [9.17, 15) is 4.79 Å². The van der Waals surface area contributed by atoms with Crippen LogP contribution in [-0.4, -0.2) is 18.2 Å². The van der Waals surface area contributed by atoms with E-state index in [0.717, 1.165) is 28.4 Å². The first-order valence-corrected chi connectivity index (χ1v) is 7.55. The molecule has 0 spiro atoms.